The molecule has 0 unspecified atom stereocenters. The van der Waals surface area contributed by atoms with Gasteiger partial charge in [-0.3, -0.25) is 0 Å². The summed E-state index contributed by atoms with van der Waals surface area (Å²) >= 11 is 7.36. The third-order valence-electron chi connectivity index (χ3n) is 2.38. The number of hydrogen-bond acceptors (Lipinski definition) is 3. The van der Waals surface area contributed by atoms with Gasteiger partial charge in [0, 0.05) is 21.3 Å². The molecule has 1 aromatic carbocycles. The number of halogens is 1. The highest BCUT2D eigenvalue weighted by atomic mass is 35.5. The number of nitrogens with zero attached hydrogens (tertiary/aromatic N) is 1. The summed E-state index contributed by atoms with van der Waals surface area (Å²) in [7, 11) is 0. The van der Waals surface area contributed by atoms with Crippen molar-refractivity contribution in [1.29, 1.82) is 0 Å². The predicted molar refractivity (Wildman–Crippen MR) is 68.8 cm³/mol. The molecule has 0 fully saturated rings. The van der Waals surface area contributed by atoms with Crippen LogP contribution in [0.5, 0.6) is 0 Å². The lowest BCUT2D eigenvalue weighted by Gasteiger charge is -1.89. The molecule has 0 bridgehead atoms. The molecule has 16 heavy (non-hydrogen) atoms. The summed E-state index contributed by atoms with van der Waals surface area (Å²) in [4.78, 5) is 7.51. The maximum atomic E-state index is 5.93. The topological polar surface area (TPSA) is 54.7 Å². The van der Waals surface area contributed by atoms with Crippen LogP contribution in [0.1, 0.15) is 0 Å². The van der Waals surface area contributed by atoms with Gasteiger partial charge in [0.05, 0.1) is 11.4 Å². The summed E-state index contributed by atoms with van der Waals surface area (Å²) in [5.41, 5.74) is 8.49. The number of aromatic amines is 1. The van der Waals surface area contributed by atoms with Gasteiger partial charge in [0.25, 0.3) is 0 Å². The molecule has 2 heterocycles. The van der Waals surface area contributed by atoms with Crippen LogP contribution in [0, 0.1) is 0 Å². The summed E-state index contributed by atoms with van der Waals surface area (Å²) in [6, 6.07) is 7.76. The second kappa shape index (κ2) is 3.50. The van der Waals surface area contributed by atoms with Gasteiger partial charge >= 0.3 is 0 Å². The fraction of sp³-hybridized carbons (Fsp3) is 0. The first-order valence-corrected chi connectivity index (χ1v) is 5.98. The fourth-order valence-electron chi connectivity index (χ4n) is 1.65. The van der Waals surface area contributed by atoms with E-state index in [9.17, 15) is 0 Å². The third-order valence-corrected chi connectivity index (χ3v) is 3.29. The lowest BCUT2D eigenvalue weighted by molar-refractivity contribution is 1.36. The van der Waals surface area contributed by atoms with Crippen molar-refractivity contribution in [2.24, 2.45) is 0 Å². The van der Waals surface area contributed by atoms with Crippen LogP contribution >= 0.6 is 22.9 Å². The molecule has 0 amide bonds. The fourth-order valence-corrected chi connectivity index (χ4v) is 2.40. The van der Waals surface area contributed by atoms with Crippen molar-refractivity contribution in [2.75, 3.05) is 5.73 Å². The minimum absolute atomic E-state index is 0.576. The van der Waals surface area contributed by atoms with Crippen molar-refractivity contribution in [3.8, 4) is 11.4 Å². The molecule has 0 aliphatic heterocycles. The number of benzene rings is 1. The van der Waals surface area contributed by atoms with E-state index in [1.807, 2.05) is 29.6 Å². The Hall–Kier alpha value is -1.52. The zero-order valence-corrected chi connectivity index (χ0v) is 9.77. The molecule has 0 atom stereocenters. The number of hydrogen-bond donors (Lipinski definition) is 2. The molecule has 3 nitrogen and oxygen atoms in total. The van der Waals surface area contributed by atoms with Crippen LogP contribution in [-0.4, -0.2) is 9.97 Å². The molecule has 0 aliphatic carbocycles. The van der Waals surface area contributed by atoms with E-state index in [1.165, 1.54) is 11.3 Å². The molecular weight excluding hydrogens is 242 g/mol. The van der Waals surface area contributed by atoms with E-state index in [0.29, 0.717) is 5.13 Å². The molecule has 3 N–H and O–H groups in total. The van der Waals surface area contributed by atoms with Crippen LogP contribution in [0.3, 0.4) is 0 Å². The number of rotatable bonds is 1. The number of thiazole rings is 1. The second-order valence-corrected chi connectivity index (χ2v) is 4.81. The summed E-state index contributed by atoms with van der Waals surface area (Å²) in [6.07, 6.45) is 0. The SMILES string of the molecule is Nc1nc(-c2cc3cc(Cl)ccc3[nH]2)cs1. The van der Waals surface area contributed by atoms with Crippen LogP contribution in [0.2, 0.25) is 5.02 Å². The Labute approximate surface area is 101 Å². The number of fused-ring (bicyclic) bond motifs is 1. The largest absolute Gasteiger partial charge is 0.375 e. The summed E-state index contributed by atoms with van der Waals surface area (Å²) in [6.45, 7) is 0. The van der Waals surface area contributed by atoms with Gasteiger partial charge in [0.2, 0.25) is 0 Å². The van der Waals surface area contributed by atoms with Crippen LogP contribution in [-0.2, 0) is 0 Å². The Morgan fingerprint density at radius 1 is 1.31 bits per heavy atom. The van der Waals surface area contributed by atoms with Crippen molar-refractivity contribution in [3.05, 3.63) is 34.7 Å². The minimum atomic E-state index is 0.576. The summed E-state index contributed by atoms with van der Waals surface area (Å²) < 4.78 is 0. The van der Waals surface area contributed by atoms with Crippen LogP contribution in [0.25, 0.3) is 22.3 Å². The van der Waals surface area contributed by atoms with Crippen molar-refractivity contribution in [2.45, 2.75) is 0 Å². The number of nitrogen functional groups attached to an aromatic ring is 1. The lowest BCUT2D eigenvalue weighted by Crippen LogP contribution is -1.82. The normalized spacial score (nSPS) is 11.1. The molecule has 3 aromatic rings. The number of nitrogens with one attached hydrogen (secondary N) is 1. The molecule has 80 valence electrons. The summed E-state index contributed by atoms with van der Waals surface area (Å²) in [5, 5.41) is 4.32. The van der Waals surface area contributed by atoms with Gasteiger partial charge in [-0.25, -0.2) is 4.98 Å². The van der Waals surface area contributed by atoms with Crippen molar-refractivity contribution in [1.82, 2.24) is 9.97 Å². The Morgan fingerprint density at radius 3 is 2.94 bits per heavy atom. The first kappa shape index (κ1) is 9.69. The first-order chi connectivity index (χ1) is 7.72. The minimum Gasteiger partial charge on any atom is -0.375 e. The number of nitrogens with two attached hydrogens (primary N) is 1. The van der Waals surface area contributed by atoms with Gasteiger partial charge in [-0.05, 0) is 24.3 Å². The quantitative estimate of drug-likeness (QED) is 0.693. The van der Waals surface area contributed by atoms with Gasteiger partial charge in [-0.1, -0.05) is 11.6 Å². The maximum Gasteiger partial charge on any atom is 0.180 e. The third kappa shape index (κ3) is 1.56. The molecule has 0 radical (unpaired) electrons. The standard InChI is InChI=1S/C11H8ClN3S/c12-7-1-2-8-6(3-7)4-9(14-8)10-5-16-11(13)15-10/h1-5,14H,(H2,13,15). The molecule has 0 aliphatic rings. The molecule has 0 spiro atoms. The van der Waals surface area contributed by atoms with Gasteiger partial charge < -0.3 is 10.7 Å². The monoisotopic (exact) mass is 249 g/mol. The van der Waals surface area contributed by atoms with Gasteiger partial charge in [0.15, 0.2) is 5.13 Å². The molecule has 0 saturated carbocycles. The van der Waals surface area contributed by atoms with E-state index < -0.39 is 0 Å². The summed E-state index contributed by atoms with van der Waals surface area (Å²) in [5.74, 6) is 0. The Bertz CT molecular complexity index is 656. The Morgan fingerprint density at radius 2 is 2.19 bits per heavy atom. The van der Waals surface area contributed by atoms with Gasteiger partial charge in [-0.15, -0.1) is 11.3 Å². The highest BCUT2D eigenvalue weighted by Crippen LogP contribution is 2.27. The predicted octanol–water partition coefficient (Wildman–Crippen LogP) is 3.53. The van der Waals surface area contributed by atoms with Crippen LogP contribution in [0.15, 0.2) is 29.6 Å². The lowest BCUT2D eigenvalue weighted by atomic mass is 10.2. The van der Waals surface area contributed by atoms with E-state index in [-0.39, 0.29) is 0 Å². The van der Waals surface area contributed by atoms with Gasteiger partial charge in [0.1, 0.15) is 0 Å². The van der Waals surface area contributed by atoms with Crippen LogP contribution < -0.4 is 5.73 Å². The molecule has 0 saturated heterocycles. The first-order valence-electron chi connectivity index (χ1n) is 4.72. The molecular formula is C11H8ClN3S. The maximum absolute atomic E-state index is 5.93. The Kier molecular flexibility index (Phi) is 2.12. The molecule has 3 rings (SSSR count). The Balaban J connectivity index is 2.18. The van der Waals surface area contributed by atoms with Crippen LogP contribution in [0.4, 0.5) is 5.13 Å². The number of aromatic nitrogens is 2. The zero-order chi connectivity index (χ0) is 11.1. The molecule has 2 aromatic heterocycles. The van der Waals surface area contributed by atoms with E-state index in [2.05, 4.69) is 9.97 Å². The zero-order valence-electron chi connectivity index (χ0n) is 8.20. The average Bonchev–Trinajstić information content (AvgIpc) is 2.83. The van der Waals surface area contributed by atoms with Crippen molar-refractivity contribution in [3.63, 3.8) is 0 Å². The number of anilines is 1. The molecule has 5 heteroatoms. The van der Waals surface area contributed by atoms with E-state index in [1.54, 1.807) is 0 Å². The van der Waals surface area contributed by atoms with E-state index >= 15 is 0 Å². The van der Waals surface area contributed by atoms with E-state index in [0.717, 1.165) is 27.3 Å². The van der Waals surface area contributed by atoms with Crippen molar-refractivity contribution >= 4 is 39.0 Å². The smallest absolute Gasteiger partial charge is 0.180 e. The van der Waals surface area contributed by atoms with Gasteiger partial charge in [-0.2, -0.15) is 0 Å². The van der Waals surface area contributed by atoms with E-state index in [4.69, 9.17) is 17.3 Å². The highest BCUT2D eigenvalue weighted by molar-refractivity contribution is 7.13. The van der Waals surface area contributed by atoms with Crippen molar-refractivity contribution < 1.29 is 0 Å². The highest BCUT2D eigenvalue weighted by Gasteiger charge is 2.06. The average molecular weight is 250 g/mol. The number of H-pyrrole nitrogens is 1. The second-order valence-electron chi connectivity index (χ2n) is 3.49.